The lowest BCUT2D eigenvalue weighted by Gasteiger charge is -2.10. The summed E-state index contributed by atoms with van der Waals surface area (Å²) in [5, 5.41) is 27.3. The maximum absolute atomic E-state index is 12.7. The average molecular weight is 424 g/mol. The van der Waals surface area contributed by atoms with Gasteiger partial charge in [0.05, 0.1) is 12.0 Å². The minimum Gasteiger partial charge on any atom is -0.490 e. The lowest BCUT2D eigenvalue weighted by molar-refractivity contribution is -0.385. The fraction of sp³-hybridized carbons (Fsp3) is 0.158. The first-order chi connectivity index (χ1) is 14.4. The monoisotopic (exact) mass is 424 g/mol. The van der Waals surface area contributed by atoms with Gasteiger partial charge in [-0.15, -0.1) is 10.2 Å². The van der Waals surface area contributed by atoms with Gasteiger partial charge in [0.2, 0.25) is 4.96 Å². The Kier molecular flexibility index (Phi) is 4.88. The zero-order chi connectivity index (χ0) is 21.4. The van der Waals surface area contributed by atoms with Crippen molar-refractivity contribution < 1.29 is 14.5 Å². The highest BCUT2D eigenvalue weighted by molar-refractivity contribution is 7.19. The van der Waals surface area contributed by atoms with Gasteiger partial charge in [-0.2, -0.15) is 9.61 Å². The molecule has 0 aliphatic carbocycles. The van der Waals surface area contributed by atoms with Crippen LogP contribution >= 0.6 is 11.3 Å². The number of aryl methyl sites for hydroxylation is 2. The Morgan fingerprint density at radius 2 is 2.00 bits per heavy atom. The Hall–Kier alpha value is -3.86. The van der Waals surface area contributed by atoms with Gasteiger partial charge >= 0.3 is 5.69 Å². The number of hydrogen-bond acceptors (Lipinski definition) is 8. The first-order valence-electron chi connectivity index (χ1n) is 8.81. The molecule has 0 unspecified atom stereocenters. The molecule has 0 bridgehead atoms. The van der Waals surface area contributed by atoms with E-state index in [1.54, 1.807) is 4.52 Å². The van der Waals surface area contributed by atoms with E-state index in [-0.39, 0.29) is 17.0 Å². The number of anilines is 1. The SMILES string of the molecule is COc1ccc(C(=O)Nc2cc(-c3nn4c(C)nnc4s3)ccc2C)cc1[N+](=O)[O-]. The Morgan fingerprint density at radius 3 is 2.70 bits per heavy atom. The number of aromatic nitrogens is 4. The highest BCUT2D eigenvalue weighted by Crippen LogP contribution is 2.31. The van der Waals surface area contributed by atoms with E-state index in [1.807, 2.05) is 32.0 Å². The number of nitro groups is 1. The zero-order valence-electron chi connectivity index (χ0n) is 16.2. The van der Waals surface area contributed by atoms with Gasteiger partial charge in [-0.1, -0.05) is 23.5 Å². The van der Waals surface area contributed by atoms with Crippen molar-refractivity contribution in [1.82, 2.24) is 19.8 Å². The number of carbonyl (C=O) groups excluding carboxylic acids is 1. The highest BCUT2D eigenvalue weighted by Gasteiger charge is 2.19. The number of hydrogen-bond donors (Lipinski definition) is 1. The molecule has 0 spiro atoms. The molecular weight excluding hydrogens is 408 g/mol. The van der Waals surface area contributed by atoms with Gasteiger partial charge in [0.25, 0.3) is 5.91 Å². The van der Waals surface area contributed by atoms with Crippen LogP contribution in [-0.2, 0) is 0 Å². The Balaban J connectivity index is 1.64. The Morgan fingerprint density at radius 1 is 1.20 bits per heavy atom. The summed E-state index contributed by atoms with van der Waals surface area (Å²) in [6.07, 6.45) is 0. The quantitative estimate of drug-likeness (QED) is 0.383. The summed E-state index contributed by atoms with van der Waals surface area (Å²) in [5.41, 5.74) is 2.12. The molecule has 0 fully saturated rings. The molecule has 2 aromatic carbocycles. The number of ether oxygens (including phenoxy) is 1. The van der Waals surface area contributed by atoms with Crippen molar-refractivity contribution in [3.63, 3.8) is 0 Å². The van der Waals surface area contributed by atoms with E-state index >= 15 is 0 Å². The maximum Gasteiger partial charge on any atom is 0.311 e. The second-order valence-electron chi connectivity index (χ2n) is 6.48. The second kappa shape index (κ2) is 7.52. The first kappa shape index (κ1) is 19.5. The smallest absolute Gasteiger partial charge is 0.311 e. The molecule has 0 saturated heterocycles. The summed E-state index contributed by atoms with van der Waals surface area (Å²) in [6, 6.07) is 9.66. The van der Waals surface area contributed by atoms with Crippen LogP contribution < -0.4 is 10.1 Å². The summed E-state index contributed by atoms with van der Waals surface area (Å²) < 4.78 is 6.64. The zero-order valence-corrected chi connectivity index (χ0v) is 17.1. The van der Waals surface area contributed by atoms with Gasteiger partial charge in [0, 0.05) is 22.9 Å². The molecule has 30 heavy (non-hydrogen) atoms. The van der Waals surface area contributed by atoms with Crippen molar-refractivity contribution in [2.45, 2.75) is 13.8 Å². The molecule has 0 saturated carbocycles. The number of amides is 1. The van der Waals surface area contributed by atoms with Crippen LogP contribution in [0.25, 0.3) is 15.5 Å². The third-order valence-electron chi connectivity index (χ3n) is 4.52. The maximum atomic E-state index is 12.7. The van der Waals surface area contributed by atoms with Crippen molar-refractivity contribution in [2.75, 3.05) is 12.4 Å². The fourth-order valence-corrected chi connectivity index (χ4v) is 3.77. The molecule has 1 N–H and O–H groups in total. The lowest BCUT2D eigenvalue weighted by atomic mass is 10.1. The largest absolute Gasteiger partial charge is 0.490 e. The molecule has 0 atom stereocenters. The van der Waals surface area contributed by atoms with Crippen LogP contribution in [0.4, 0.5) is 11.4 Å². The van der Waals surface area contributed by atoms with E-state index in [4.69, 9.17) is 4.74 Å². The molecule has 1 amide bonds. The molecule has 2 heterocycles. The number of rotatable bonds is 5. The second-order valence-corrected chi connectivity index (χ2v) is 7.43. The summed E-state index contributed by atoms with van der Waals surface area (Å²) in [7, 11) is 1.34. The molecule has 152 valence electrons. The van der Waals surface area contributed by atoms with Crippen LogP contribution in [-0.4, -0.2) is 37.8 Å². The molecule has 0 aliphatic rings. The van der Waals surface area contributed by atoms with Crippen LogP contribution in [0.3, 0.4) is 0 Å². The Bertz CT molecular complexity index is 1300. The highest BCUT2D eigenvalue weighted by atomic mass is 32.1. The summed E-state index contributed by atoms with van der Waals surface area (Å²) in [5.74, 6) is 0.317. The topological polar surface area (TPSA) is 125 Å². The normalized spacial score (nSPS) is 10.9. The predicted octanol–water partition coefficient (Wildman–Crippen LogP) is 3.64. The van der Waals surface area contributed by atoms with Crippen molar-refractivity contribution in [3.8, 4) is 16.3 Å². The fourth-order valence-electron chi connectivity index (χ4n) is 2.89. The molecule has 2 aromatic heterocycles. The summed E-state index contributed by atoms with van der Waals surface area (Å²) in [4.78, 5) is 24.0. The van der Waals surface area contributed by atoms with Crippen LogP contribution in [0.5, 0.6) is 5.75 Å². The molecule has 0 radical (unpaired) electrons. The van der Waals surface area contributed by atoms with Gasteiger partial charge in [-0.25, -0.2) is 0 Å². The number of benzene rings is 2. The molecule has 0 aliphatic heterocycles. The molecular formula is C19H16N6O4S. The van der Waals surface area contributed by atoms with Crippen LogP contribution in [0.1, 0.15) is 21.7 Å². The minimum absolute atomic E-state index is 0.0910. The van der Waals surface area contributed by atoms with Crippen molar-refractivity contribution >= 4 is 33.6 Å². The summed E-state index contributed by atoms with van der Waals surface area (Å²) >= 11 is 1.39. The third-order valence-corrected chi connectivity index (χ3v) is 5.47. The van der Waals surface area contributed by atoms with E-state index in [0.717, 1.165) is 16.1 Å². The predicted molar refractivity (Wildman–Crippen MR) is 111 cm³/mol. The molecule has 11 heteroatoms. The van der Waals surface area contributed by atoms with E-state index in [1.165, 1.54) is 36.6 Å². The molecule has 10 nitrogen and oxygen atoms in total. The average Bonchev–Trinajstić information content (AvgIpc) is 3.31. The number of nitrogens with zero attached hydrogens (tertiary/aromatic N) is 5. The van der Waals surface area contributed by atoms with Crippen LogP contribution in [0, 0.1) is 24.0 Å². The van der Waals surface area contributed by atoms with Gasteiger partial charge in [0.15, 0.2) is 11.6 Å². The number of nitro benzene ring substituents is 1. The Labute approximate surface area is 174 Å². The van der Waals surface area contributed by atoms with Gasteiger partial charge in [-0.3, -0.25) is 14.9 Å². The van der Waals surface area contributed by atoms with Crippen molar-refractivity contribution in [2.24, 2.45) is 0 Å². The van der Waals surface area contributed by atoms with Gasteiger partial charge in [-0.05, 0) is 37.6 Å². The van der Waals surface area contributed by atoms with Gasteiger partial charge in [0.1, 0.15) is 5.01 Å². The van der Waals surface area contributed by atoms with E-state index in [0.29, 0.717) is 16.5 Å². The first-order valence-corrected chi connectivity index (χ1v) is 9.62. The molecule has 4 rings (SSSR count). The van der Waals surface area contributed by atoms with Crippen molar-refractivity contribution in [1.29, 1.82) is 0 Å². The number of nitrogens with one attached hydrogen (secondary N) is 1. The summed E-state index contributed by atoms with van der Waals surface area (Å²) in [6.45, 7) is 3.68. The van der Waals surface area contributed by atoms with E-state index in [2.05, 4.69) is 20.6 Å². The molecule has 4 aromatic rings. The minimum atomic E-state index is -0.586. The van der Waals surface area contributed by atoms with Gasteiger partial charge < -0.3 is 10.1 Å². The third kappa shape index (κ3) is 3.46. The number of methoxy groups -OCH3 is 1. The number of carbonyl (C=O) groups is 1. The van der Waals surface area contributed by atoms with E-state index in [9.17, 15) is 14.9 Å². The van der Waals surface area contributed by atoms with Crippen LogP contribution in [0.15, 0.2) is 36.4 Å². The van der Waals surface area contributed by atoms with E-state index < -0.39 is 10.8 Å². The number of fused-ring (bicyclic) bond motifs is 1. The standard InChI is InChI=1S/C19H16N6O4S/c1-10-4-5-13(18-23-24-11(2)21-22-19(24)30-18)8-14(10)20-17(26)12-6-7-16(29-3)15(9-12)25(27)28/h4-9H,1-3H3,(H,20,26). The van der Waals surface area contributed by atoms with Crippen molar-refractivity contribution in [3.05, 3.63) is 63.5 Å². The lowest BCUT2D eigenvalue weighted by Crippen LogP contribution is -2.13. The van der Waals surface area contributed by atoms with Crippen LogP contribution in [0.2, 0.25) is 0 Å².